The van der Waals surface area contributed by atoms with E-state index < -0.39 is 6.10 Å². The first-order valence-electron chi connectivity index (χ1n) is 34.1. The molecule has 0 saturated carbocycles. The molecule has 0 aliphatic heterocycles. The maximum absolute atomic E-state index is 12.9. The third-order valence-corrected chi connectivity index (χ3v) is 15.3. The second kappa shape index (κ2) is 65.9. The maximum atomic E-state index is 12.9. The molecule has 0 spiro atoms. The molecule has 0 aromatic heterocycles. The molecule has 0 aromatic rings. The number of hydrogen-bond acceptors (Lipinski definition) is 6. The largest absolute Gasteiger partial charge is 0.462 e. The summed E-state index contributed by atoms with van der Waals surface area (Å²) < 4.78 is 16.9. The molecule has 6 nitrogen and oxygen atoms in total. The van der Waals surface area contributed by atoms with Crippen molar-refractivity contribution in [1.29, 1.82) is 0 Å². The minimum atomic E-state index is -0.788. The zero-order valence-corrected chi connectivity index (χ0v) is 51.7. The number of esters is 3. The molecule has 0 radical (unpaired) electrons. The topological polar surface area (TPSA) is 78.9 Å². The predicted molar refractivity (Wildman–Crippen MR) is 335 cm³/mol. The zero-order chi connectivity index (χ0) is 55.7. The van der Waals surface area contributed by atoms with Crippen molar-refractivity contribution in [3.8, 4) is 0 Å². The third-order valence-electron chi connectivity index (χ3n) is 15.3. The second-order valence-corrected chi connectivity index (χ2v) is 23.1. The van der Waals surface area contributed by atoms with Crippen molar-refractivity contribution < 1.29 is 28.6 Å². The van der Waals surface area contributed by atoms with Gasteiger partial charge >= 0.3 is 17.9 Å². The SMILES string of the molecule is CC/C=C\C/C=C\C/C=C\C/C=C\CCCCC(=O)OCC(COC(=O)CCCCCCCCCCCCCCCCCCCCCCCCCCCC)OC(=O)CCCCCCCCCCCCCCCCCCCC. The van der Waals surface area contributed by atoms with Gasteiger partial charge in [-0.1, -0.05) is 339 Å². The maximum Gasteiger partial charge on any atom is 0.306 e. The monoisotopic (exact) mass is 1080 g/mol. The average molecular weight is 1080 g/mol. The highest BCUT2D eigenvalue weighted by atomic mass is 16.6. The minimum Gasteiger partial charge on any atom is -0.462 e. The lowest BCUT2D eigenvalue weighted by Gasteiger charge is -2.18. The van der Waals surface area contributed by atoms with Crippen molar-refractivity contribution in [2.75, 3.05) is 13.2 Å². The van der Waals surface area contributed by atoms with Crippen LogP contribution in [0.3, 0.4) is 0 Å². The zero-order valence-electron chi connectivity index (χ0n) is 51.7. The van der Waals surface area contributed by atoms with Gasteiger partial charge in [0, 0.05) is 19.3 Å². The van der Waals surface area contributed by atoms with Gasteiger partial charge in [0.05, 0.1) is 0 Å². The second-order valence-electron chi connectivity index (χ2n) is 23.1. The van der Waals surface area contributed by atoms with Crippen LogP contribution in [-0.2, 0) is 28.6 Å². The number of carbonyl (C=O) groups is 3. The van der Waals surface area contributed by atoms with Crippen LogP contribution in [0.25, 0.3) is 0 Å². The van der Waals surface area contributed by atoms with Crippen LogP contribution in [0.5, 0.6) is 0 Å². The number of hydrogen-bond donors (Lipinski definition) is 0. The van der Waals surface area contributed by atoms with Gasteiger partial charge in [-0.3, -0.25) is 14.4 Å². The van der Waals surface area contributed by atoms with E-state index in [-0.39, 0.29) is 31.1 Å². The van der Waals surface area contributed by atoms with Crippen molar-refractivity contribution in [2.24, 2.45) is 0 Å². The van der Waals surface area contributed by atoms with Gasteiger partial charge in [0.15, 0.2) is 6.10 Å². The van der Waals surface area contributed by atoms with Gasteiger partial charge in [-0.15, -0.1) is 0 Å². The molecule has 0 aliphatic carbocycles. The fraction of sp³-hybridized carbons (Fsp3) is 0.845. The summed E-state index contributed by atoms with van der Waals surface area (Å²) in [5.41, 5.74) is 0. The predicted octanol–water partition coefficient (Wildman–Crippen LogP) is 23.3. The van der Waals surface area contributed by atoms with Gasteiger partial charge in [0.1, 0.15) is 13.2 Å². The molecule has 0 saturated heterocycles. The number of carbonyl (C=O) groups excluding carboxylic acids is 3. The molecule has 0 fully saturated rings. The van der Waals surface area contributed by atoms with Gasteiger partial charge in [0.25, 0.3) is 0 Å². The lowest BCUT2D eigenvalue weighted by Crippen LogP contribution is -2.30. The molecule has 0 amide bonds. The average Bonchev–Trinajstić information content (AvgIpc) is 3.43. The summed E-state index contributed by atoms with van der Waals surface area (Å²) in [6.45, 7) is 6.56. The molecule has 0 rings (SSSR count). The van der Waals surface area contributed by atoms with Crippen LogP contribution in [0.2, 0.25) is 0 Å². The highest BCUT2D eigenvalue weighted by molar-refractivity contribution is 5.71. The Bertz CT molecular complexity index is 1330. The number of allylic oxidation sites excluding steroid dienone is 8. The fourth-order valence-corrected chi connectivity index (χ4v) is 10.3. The minimum absolute atomic E-state index is 0.0811. The van der Waals surface area contributed by atoms with Gasteiger partial charge in [-0.25, -0.2) is 0 Å². The van der Waals surface area contributed by atoms with E-state index in [4.69, 9.17) is 14.2 Å². The first kappa shape index (κ1) is 74.4. The first-order chi connectivity index (χ1) is 38.0. The van der Waals surface area contributed by atoms with Crippen LogP contribution in [0.1, 0.15) is 367 Å². The molecule has 0 aromatic carbocycles. The van der Waals surface area contributed by atoms with Crippen LogP contribution >= 0.6 is 0 Å². The van der Waals surface area contributed by atoms with Crippen LogP contribution in [-0.4, -0.2) is 37.2 Å². The lowest BCUT2D eigenvalue weighted by atomic mass is 10.0. The summed E-state index contributed by atoms with van der Waals surface area (Å²) >= 11 is 0. The van der Waals surface area contributed by atoms with E-state index in [2.05, 4.69) is 69.4 Å². The van der Waals surface area contributed by atoms with Gasteiger partial charge in [-0.2, -0.15) is 0 Å². The van der Waals surface area contributed by atoms with Crippen LogP contribution in [0.15, 0.2) is 48.6 Å². The smallest absolute Gasteiger partial charge is 0.306 e. The van der Waals surface area contributed by atoms with E-state index in [1.165, 1.54) is 244 Å². The van der Waals surface area contributed by atoms with Gasteiger partial charge < -0.3 is 14.2 Å². The van der Waals surface area contributed by atoms with E-state index in [1.807, 2.05) is 0 Å². The van der Waals surface area contributed by atoms with Gasteiger partial charge in [0.2, 0.25) is 0 Å². The Morgan fingerprint density at radius 2 is 0.506 bits per heavy atom. The van der Waals surface area contributed by atoms with Gasteiger partial charge in [-0.05, 0) is 57.8 Å². The van der Waals surface area contributed by atoms with E-state index in [0.29, 0.717) is 19.3 Å². The Balaban J connectivity index is 4.26. The van der Waals surface area contributed by atoms with Crippen molar-refractivity contribution in [3.05, 3.63) is 48.6 Å². The van der Waals surface area contributed by atoms with Crippen LogP contribution in [0, 0.1) is 0 Å². The third kappa shape index (κ3) is 64.1. The Morgan fingerprint density at radius 1 is 0.273 bits per heavy atom. The molecular weight excluding hydrogens is 949 g/mol. The molecule has 0 N–H and O–H groups in total. The molecule has 6 heteroatoms. The van der Waals surface area contributed by atoms with Crippen molar-refractivity contribution in [1.82, 2.24) is 0 Å². The summed E-state index contributed by atoms with van der Waals surface area (Å²) in [4.78, 5) is 38.4. The summed E-state index contributed by atoms with van der Waals surface area (Å²) in [5.74, 6) is -0.899. The Labute approximate surface area is 479 Å². The quantitative estimate of drug-likeness (QED) is 0.0261. The first-order valence-corrected chi connectivity index (χ1v) is 34.1. The van der Waals surface area contributed by atoms with E-state index in [1.54, 1.807) is 0 Å². The van der Waals surface area contributed by atoms with E-state index in [9.17, 15) is 14.4 Å². The lowest BCUT2D eigenvalue weighted by molar-refractivity contribution is -0.167. The highest BCUT2D eigenvalue weighted by Gasteiger charge is 2.19. The molecule has 0 aliphatic rings. The summed E-state index contributed by atoms with van der Waals surface area (Å²) in [7, 11) is 0. The molecule has 450 valence electrons. The molecular formula is C71H130O6. The molecule has 1 unspecified atom stereocenters. The fourth-order valence-electron chi connectivity index (χ4n) is 10.3. The van der Waals surface area contributed by atoms with E-state index in [0.717, 1.165) is 83.5 Å². The molecule has 0 heterocycles. The number of unbranched alkanes of at least 4 members (excludes halogenated alkanes) is 44. The highest BCUT2D eigenvalue weighted by Crippen LogP contribution is 2.18. The van der Waals surface area contributed by atoms with Crippen LogP contribution < -0.4 is 0 Å². The standard InChI is InChI=1S/C71H130O6/c1-4-7-10-13-16-19-22-25-28-30-32-33-34-35-36-37-38-39-41-43-46-49-52-55-58-61-64-70(73)76-67-68(66-75-69(72)63-60-57-54-51-48-45-42-27-24-21-18-15-12-9-6-3)77-71(74)65-62-59-56-53-50-47-44-40-31-29-26-23-20-17-14-11-8-5-2/h9,12,18,21,27,42,48,51,68H,4-8,10-11,13-17,19-20,22-26,28-41,43-47,49-50,52-67H2,1-3H3/b12-9-,21-18-,42-27-,51-48-. The Kier molecular flexibility index (Phi) is 63.6. The normalized spacial score (nSPS) is 12.3. The number of rotatable bonds is 63. The Morgan fingerprint density at radius 3 is 0.792 bits per heavy atom. The molecule has 0 bridgehead atoms. The molecule has 1 atom stereocenters. The van der Waals surface area contributed by atoms with Crippen molar-refractivity contribution >= 4 is 17.9 Å². The van der Waals surface area contributed by atoms with Crippen molar-refractivity contribution in [2.45, 2.75) is 374 Å². The Hall–Kier alpha value is -2.63. The summed E-state index contributed by atoms with van der Waals surface area (Å²) in [5, 5.41) is 0. The summed E-state index contributed by atoms with van der Waals surface area (Å²) in [6, 6.07) is 0. The van der Waals surface area contributed by atoms with Crippen LogP contribution in [0.4, 0.5) is 0 Å². The van der Waals surface area contributed by atoms with Crippen molar-refractivity contribution in [3.63, 3.8) is 0 Å². The summed E-state index contributed by atoms with van der Waals surface area (Å²) in [6.07, 6.45) is 82.9. The van der Waals surface area contributed by atoms with E-state index >= 15 is 0 Å². The number of ether oxygens (including phenoxy) is 3. The molecule has 77 heavy (non-hydrogen) atoms.